The lowest BCUT2D eigenvalue weighted by atomic mass is 10.1. The van der Waals surface area contributed by atoms with E-state index < -0.39 is 0 Å². The zero-order valence-electron chi connectivity index (χ0n) is 17.2. The molecule has 0 spiro atoms. The highest BCUT2D eigenvalue weighted by Gasteiger charge is 2.43. The van der Waals surface area contributed by atoms with Gasteiger partial charge in [-0.05, 0) is 53.6 Å². The maximum absolute atomic E-state index is 13.5. The van der Waals surface area contributed by atoms with Crippen LogP contribution in [0.2, 0.25) is 0 Å². The number of carbonyl (C=O) groups is 2. The molecule has 0 fully saturated rings. The molecule has 31 heavy (non-hydrogen) atoms. The van der Waals surface area contributed by atoms with E-state index in [1.807, 2.05) is 64.9 Å². The summed E-state index contributed by atoms with van der Waals surface area (Å²) in [5.74, 6) is 0.368. The van der Waals surface area contributed by atoms with E-state index in [2.05, 4.69) is 6.07 Å². The Hall–Kier alpha value is -3.38. The predicted octanol–water partition coefficient (Wildman–Crippen LogP) is 4.14. The van der Waals surface area contributed by atoms with Gasteiger partial charge in [-0.2, -0.15) is 0 Å². The first kappa shape index (κ1) is 19.6. The lowest BCUT2D eigenvalue weighted by Crippen LogP contribution is -2.36. The summed E-state index contributed by atoms with van der Waals surface area (Å²) < 4.78 is 5.21. The average Bonchev–Trinajstić information content (AvgIpc) is 3.52. The molecule has 6 heteroatoms. The molecular formula is C25H22N2O3S. The van der Waals surface area contributed by atoms with E-state index in [0.717, 1.165) is 28.3 Å². The molecule has 0 aliphatic carbocycles. The summed E-state index contributed by atoms with van der Waals surface area (Å²) >= 11 is 1.49. The van der Waals surface area contributed by atoms with Crippen molar-refractivity contribution in [3.63, 3.8) is 0 Å². The van der Waals surface area contributed by atoms with Crippen LogP contribution in [-0.2, 0) is 22.4 Å². The number of para-hydroxylation sites is 1. The molecular weight excluding hydrogens is 408 g/mol. The fourth-order valence-electron chi connectivity index (χ4n) is 4.26. The Labute approximate surface area is 185 Å². The van der Waals surface area contributed by atoms with Crippen LogP contribution in [0.15, 0.2) is 71.7 Å². The standard InChI is InChI=1S/C25H22N2O3S/c1-30-19-10-8-17(9-11-19)12-14-27-24(28)22(21-7-4-16-31-21)23(25(27)29)26-15-13-18-5-2-3-6-20(18)26/h2-11,16H,12-15H2,1H3. The van der Waals surface area contributed by atoms with Crippen LogP contribution in [-0.4, -0.2) is 36.9 Å². The number of nitrogens with zero attached hydrogens (tertiary/aromatic N) is 2. The molecule has 2 aliphatic heterocycles. The first-order chi connectivity index (χ1) is 15.2. The molecule has 1 aromatic heterocycles. The number of benzene rings is 2. The van der Waals surface area contributed by atoms with Gasteiger partial charge >= 0.3 is 0 Å². The monoisotopic (exact) mass is 430 g/mol. The Balaban J connectivity index is 1.46. The molecule has 2 amide bonds. The highest BCUT2D eigenvalue weighted by molar-refractivity contribution is 7.11. The van der Waals surface area contributed by atoms with Crippen molar-refractivity contribution in [2.24, 2.45) is 0 Å². The van der Waals surface area contributed by atoms with Crippen LogP contribution in [0, 0.1) is 0 Å². The molecule has 0 saturated carbocycles. The molecule has 0 atom stereocenters. The predicted molar refractivity (Wildman–Crippen MR) is 122 cm³/mol. The summed E-state index contributed by atoms with van der Waals surface area (Å²) in [5.41, 5.74) is 4.31. The fourth-order valence-corrected chi connectivity index (χ4v) is 5.03. The average molecular weight is 431 g/mol. The third kappa shape index (κ3) is 3.43. The van der Waals surface area contributed by atoms with Crippen LogP contribution < -0.4 is 9.64 Å². The molecule has 0 unspecified atom stereocenters. The lowest BCUT2D eigenvalue weighted by molar-refractivity contribution is -0.136. The molecule has 0 bridgehead atoms. The highest BCUT2D eigenvalue weighted by atomic mass is 32.1. The van der Waals surface area contributed by atoms with Crippen molar-refractivity contribution in [1.82, 2.24) is 4.90 Å². The molecule has 156 valence electrons. The van der Waals surface area contributed by atoms with Crippen LogP contribution in [0.1, 0.15) is 16.0 Å². The van der Waals surface area contributed by atoms with Crippen LogP contribution in [0.3, 0.4) is 0 Å². The second-order valence-corrected chi connectivity index (χ2v) is 8.54. The van der Waals surface area contributed by atoms with Crippen molar-refractivity contribution < 1.29 is 14.3 Å². The summed E-state index contributed by atoms with van der Waals surface area (Å²) in [6, 6.07) is 19.7. The van der Waals surface area contributed by atoms with Crippen molar-refractivity contribution in [3.05, 3.63) is 87.7 Å². The lowest BCUT2D eigenvalue weighted by Gasteiger charge is -2.21. The molecule has 0 N–H and O–H groups in total. The minimum atomic E-state index is -0.210. The first-order valence-corrected chi connectivity index (χ1v) is 11.2. The van der Waals surface area contributed by atoms with Crippen molar-refractivity contribution >= 4 is 34.4 Å². The van der Waals surface area contributed by atoms with Crippen LogP contribution in [0.25, 0.3) is 5.57 Å². The van der Waals surface area contributed by atoms with Crippen LogP contribution >= 0.6 is 11.3 Å². The number of rotatable bonds is 6. The number of ether oxygens (including phenoxy) is 1. The topological polar surface area (TPSA) is 49.9 Å². The number of amides is 2. The van der Waals surface area contributed by atoms with Crippen molar-refractivity contribution in [2.75, 3.05) is 25.1 Å². The Kier molecular flexibility index (Phi) is 5.08. The van der Waals surface area contributed by atoms with Gasteiger partial charge in [-0.3, -0.25) is 14.5 Å². The van der Waals surface area contributed by atoms with Gasteiger partial charge in [-0.25, -0.2) is 0 Å². The minimum absolute atomic E-state index is 0.208. The van der Waals surface area contributed by atoms with Crippen LogP contribution in [0.5, 0.6) is 5.75 Å². The SMILES string of the molecule is COc1ccc(CCN2C(=O)C(c3cccs3)=C(N3CCc4ccccc43)C2=O)cc1. The number of thiophene rings is 1. The first-order valence-electron chi connectivity index (χ1n) is 10.3. The number of imide groups is 1. The minimum Gasteiger partial charge on any atom is -0.497 e. The summed E-state index contributed by atoms with van der Waals surface area (Å²) in [7, 11) is 1.63. The van der Waals surface area contributed by atoms with Gasteiger partial charge in [0.2, 0.25) is 0 Å². The molecule has 0 saturated heterocycles. The van der Waals surface area contributed by atoms with E-state index >= 15 is 0 Å². The molecule has 5 rings (SSSR count). The molecule has 3 aromatic rings. The molecule has 3 heterocycles. The Morgan fingerprint density at radius 1 is 0.968 bits per heavy atom. The molecule has 0 radical (unpaired) electrons. The third-order valence-electron chi connectivity index (χ3n) is 5.85. The van der Waals surface area contributed by atoms with E-state index in [-0.39, 0.29) is 11.8 Å². The Morgan fingerprint density at radius 3 is 2.52 bits per heavy atom. The van der Waals surface area contributed by atoms with Gasteiger partial charge < -0.3 is 9.64 Å². The second kappa shape index (κ2) is 8.04. The fraction of sp³-hybridized carbons (Fsp3) is 0.200. The largest absolute Gasteiger partial charge is 0.497 e. The normalized spacial score (nSPS) is 15.8. The molecule has 5 nitrogen and oxygen atoms in total. The van der Waals surface area contributed by atoms with Gasteiger partial charge in [0, 0.05) is 23.7 Å². The number of carbonyl (C=O) groups excluding carboxylic acids is 2. The van der Waals surface area contributed by atoms with Crippen LogP contribution in [0.4, 0.5) is 5.69 Å². The highest BCUT2D eigenvalue weighted by Crippen LogP contribution is 2.39. The van der Waals surface area contributed by atoms with E-state index in [4.69, 9.17) is 4.74 Å². The zero-order valence-corrected chi connectivity index (χ0v) is 18.0. The maximum atomic E-state index is 13.5. The number of hydrogen-bond acceptors (Lipinski definition) is 5. The van der Waals surface area contributed by atoms with Gasteiger partial charge in [0.25, 0.3) is 11.8 Å². The van der Waals surface area contributed by atoms with E-state index in [1.54, 1.807) is 7.11 Å². The maximum Gasteiger partial charge on any atom is 0.278 e. The summed E-state index contributed by atoms with van der Waals surface area (Å²) in [4.78, 5) is 31.2. The van der Waals surface area contributed by atoms with E-state index in [0.29, 0.717) is 30.8 Å². The quantitative estimate of drug-likeness (QED) is 0.552. The van der Waals surface area contributed by atoms with Crippen molar-refractivity contribution in [2.45, 2.75) is 12.8 Å². The smallest absolute Gasteiger partial charge is 0.278 e. The van der Waals surface area contributed by atoms with Gasteiger partial charge in [-0.15, -0.1) is 11.3 Å². The van der Waals surface area contributed by atoms with E-state index in [1.165, 1.54) is 21.8 Å². The Bertz CT molecular complexity index is 1170. The van der Waals surface area contributed by atoms with Crippen molar-refractivity contribution in [1.29, 1.82) is 0 Å². The molecule has 2 aromatic carbocycles. The summed E-state index contributed by atoms with van der Waals surface area (Å²) in [5, 5.41) is 1.94. The zero-order chi connectivity index (χ0) is 21.4. The number of fused-ring (bicyclic) bond motifs is 1. The summed E-state index contributed by atoms with van der Waals surface area (Å²) in [6.45, 7) is 1.05. The Morgan fingerprint density at radius 2 is 1.77 bits per heavy atom. The third-order valence-corrected chi connectivity index (χ3v) is 6.74. The number of anilines is 1. The molecule has 2 aliphatic rings. The van der Waals surface area contributed by atoms with E-state index in [9.17, 15) is 9.59 Å². The number of hydrogen-bond donors (Lipinski definition) is 0. The summed E-state index contributed by atoms with van der Waals surface area (Å²) in [6.07, 6.45) is 1.47. The van der Waals surface area contributed by atoms with Gasteiger partial charge in [0.05, 0.1) is 12.7 Å². The van der Waals surface area contributed by atoms with Gasteiger partial charge in [0.1, 0.15) is 11.4 Å². The van der Waals surface area contributed by atoms with Gasteiger partial charge in [-0.1, -0.05) is 36.4 Å². The van der Waals surface area contributed by atoms with Gasteiger partial charge in [0.15, 0.2) is 0 Å². The number of methoxy groups -OCH3 is 1. The second-order valence-electron chi connectivity index (χ2n) is 7.59. The van der Waals surface area contributed by atoms with Crippen molar-refractivity contribution in [3.8, 4) is 5.75 Å².